The third-order valence-corrected chi connectivity index (χ3v) is 6.71. The van der Waals surface area contributed by atoms with Crippen LogP contribution in [0.1, 0.15) is 0 Å². The highest BCUT2D eigenvalue weighted by Crippen LogP contribution is 2.27. The van der Waals surface area contributed by atoms with Gasteiger partial charge in [-0.25, -0.2) is 0 Å². The van der Waals surface area contributed by atoms with E-state index in [1.165, 1.54) is 21.2 Å². The molecule has 4 aromatic carbocycles. The van der Waals surface area contributed by atoms with Crippen molar-refractivity contribution in [3.63, 3.8) is 0 Å². The zero-order valence-electron chi connectivity index (χ0n) is 14.8. The second-order valence-electron chi connectivity index (χ2n) is 6.08. The molecule has 1 nitrogen and oxygen atoms in total. The predicted molar refractivity (Wildman–Crippen MR) is 121 cm³/mol. The molecular formula is C24H20OP2. The molecule has 0 radical (unpaired) electrons. The number of hydrogen-bond acceptors (Lipinski definition) is 1. The summed E-state index contributed by atoms with van der Waals surface area (Å²) in [6.45, 7) is 0. The highest BCUT2D eigenvalue weighted by Gasteiger charge is 2.09. The standard InChI is InChI=1S/C24H20OP2/c1-3-11-19(12-4-1)26-23-17-9-7-15-21(23)25-22-16-8-10-18-24(22)27-20-13-5-2-6-14-20/h1-18,26-27H. The van der Waals surface area contributed by atoms with Crippen LogP contribution in [0, 0.1) is 0 Å². The van der Waals surface area contributed by atoms with Crippen LogP contribution in [0.5, 0.6) is 11.5 Å². The molecule has 3 heteroatoms. The van der Waals surface area contributed by atoms with Crippen LogP contribution in [0.25, 0.3) is 0 Å². The van der Waals surface area contributed by atoms with E-state index < -0.39 is 0 Å². The SMILES string of the molecule is c1ccc(Pc2ccccc2Oc2ccccc2Pc2ccccc2)cc1. The molecule has 0 heterocycles. The molecule has 0 saturated heterocycles. The van der Waals surface area contributed by atoms with Crippen LogP contribution in [0.3, 0.4) is 0 Å². The molecular weight excluding hydrogens is 366 g/mol. The van der Waals surface area contributed by atoms with Crippen LogP contribution in [-0.4, -0.2) is 0 Å². The largest absolute Gasteiger partial charge is 0.456 e. The first kappa shape index (κ1) is 17.9. The Balaban J connectivity index is 1.60. The third kappa shape index (κ3) is 4.83. The summed E-state index contributed by atoms with van der Waals surface area (Å²) in [6.07, 6.45) is 0. The molecule has 0 aromatic heterocycles. The quantitative estimate of drug-likeness (QED) is 0.435. The molecule has 2 atom stereocenters. The average Bonchev–Trinajstić information content (AvgIpc) is 2.72. The van der Waals surface area contributed by atoms with Crippen molar-refractivity contribution in [2.45, 2.75) is 0 Å². The van der Waals surface area contributed by atoms with Gasteiger partial charge in [0.2, 0.25) is 0 Å². The third-order valence-electron chi connectivity index (χ3n) is 4.10. The summed E-state index contributed by atoms with van der Waals surface area (Å²) in [5, 5.41) is 5.07. The van der Waals surface area contributed by atoms with E-state index in [1.54, 1.807) is 0 Å². The lowest BCUT2D eigenvalue weighted by atomic mass is 10.3. The fraction of sp³-hybridized carbons (Fsp3) is 0. The van der Waals surface area contributed by atoms with E-state index in [0.717, 1.165) is 11.5 Å². The Kier molecular flexibility index (Phi) is 5.95. The molecule has 0 aliphatic carbocycles. The molecule has 4 rings (SSSR count). The molecule has 0 spiro atoms. The van der Waals surface area contributed by atoms with Gasteiger partial charge in [0, 0.05) is 10.6 Å². The van der Waals surface area contributed by atoms with Gasteiger partial charge >= 0.3 is 0 Å². The lowest BCUT2D eigenvalue weighted by molar-refractivity contribution is 0.491. The van der Waals surface area contributed by atoms with Crippen molar-refractivity contribution in [3.05, 3.63) is 109 Å². The zero-order valence-corrected chi connectivity index (χ0v) is 16.8. The highest BCUT2D eigenvalue weighted by molar-refractivity contribution is 7.56. The topological polar surface area (TPSA) is 9.23 Å². The molecule has 0 N–H and O–H groups in total. The number of para-hydroxylation sites is 2. The number of benzene rings is 4. The van der Waals surface area contributed by atoms with Crippen molar-refractivity contribution < 1.29 is 4.74 Å². The van der Waals surface area contributed by atoms with E-state index in [4.69, 9.17) is 4.74 Å². The van der Waals surface area contributed by atoms with E-state index in [-0.39, 0.29) is 0 Å². The van der Waals surface area contributed by atoms with E-state index >= 15 is 0 Å². The lowest BCUT2D eigenvalue weighted by Gasteiger charge is -2.14. The van der Waals surface area contributed by atoms with Crippen molar-refractivity contribution >= 4 is 38.4 Å². The maximum atomic E-state index is 6.40. The monoisotopic (exact) mass is 386 g/mol. The average molecular weight is 386 g/mol. The molecule has 0 bridgehead atoms. The van der Waals surface area contributed by atoms with Gasteiger partial charge in [0.25, 0.3) is 0 Å². The second-order valence-corrected chi connectivity index (χ2v) is 8.81. The normalized spacial score (nSPS) is 11.4. The second kappa shape index (κ2) is 8.96. The van der Waals surface area contributed by atoms with E-state index in [1.807, 2.05) is 12.1 Å². The molecule has 27 heavy (non-hydrogen) atoms. The Morgan fingerprint density at radius 3 is 1.22 bits per heavy atom. The van der Waals surface area contributed by atoms with E-state index in [0.29, 0.717) is 17.2 Å². The van der Waals surface area contributed by atoms with Gasteiger partial charge in [-0.3, -0.25) is 0 Å². The van der Waals surface area contributed by atoms with Crippen LogP contribution in [0.15, 0.2) is 109 Å². The summed E-state index contributed by atoms with van der Waals surface area (Å²) in [4.78, 5) is 0. The summed E-state index contributed by atoms with van der Waals surface area (Å²) < 4.78 is 6.40. The summed E-state index contributed by atoms with van der Waals surface area (Å²) in [7, 11) is 1.15. The Morgan fingerprint density at radius 2 is 0.778 bits per heavy atom. The molecule has 2 unspecified atom stereocenters. The smallest absolute Gasteiger partial charge is 0.135 e. The molecule has 0 saturated carbocycles. The van der Waals surface area contributed by atoms with Crippen molar-refractivity contribution in [2.24, 2.45) is 0 Å². The minimum atomic E-state index is 0.575. The first-order chi connectivity index (χ1) is 13.4. The van der Waals surface area contributed by atoms with Crippen LogP contribution in [0.4, 0.5) is 0 Å². The molecule has 0 aliphatic rings. The van der Waals surface area contributed by atoms with Gasteiger partial charge in [-0.05, 0) is 22.7 Å². The van der Waals surface area contributed by atoms with Crippen LogP contribution in [-0.2, 0) is 0 Å². The summed E-state index contributed by atoms with van der Waals surface area (Å²) in [6, 6.07) is 37.8. The number of hydrogen-bond donors (Lipinski definition) is 0. The van der Waals surface area contributed by atoms with Crippen LogP contribution in [0.2, 0.25) is 0 Å². The molecule has 0 amide bonds. The molecule has 0 aliphatic heterocycles. The van der Waals surface area contributed by atoms with Crippen molar-refractivity contribution in [1.82, 2.24) is 0 Å². The molecule has 4 aromatic rings. The van der Waals surface area contributed by atoms with Gasteiger partial charge in [0.1, 0.15) is 11.5 Å². The van der Waals surface area contributed by atoms with Crippen molar-refractivity contribution in [1.29, 1.82) is 0 Å². The van der Waals surface area contributed by atoms with Crippen LogP contribution >= 0.6 is 17.2 Å². The molecule has 0 fully saturated rings. The van der Waals surface area contributed by atoms with E-state index in [9.17, 15) is 0 Å². The lowest BCUT2D eigenvalue weighted by Crippen LogP contribution is -2.10. The predicted octanol–water partition coefficient (Wildman–Crippen LogP) is 4.74. The fourth-order valence-electron chi connectivity index (χ4n) is 2.79. The first-order valence-corrected chi connectivity index (χ1v) is 10.9. The van der Waals surface area contributed by atoms with Crippen molar-refractivity contribution in [3.8, 4) is 11.5 Å². The Hall–Kier alpha value is -2.46. The summed E-state index contributed by atoms with van der Waals surface area (Å²) >= 11 is 0. The van der Waals surface area contributed by atoms with Crippen LogP contribution < -0.4 is 26.0 Å². The first-order valence-electron chi connectivity index (χ1n) is 8.88. The summed E-state index contributed by atoms with van der Waals surface area (Å²) in [5.74, 6) is 1.87. The van der Waals surface area contributed by atoms with Gasteiger partial charge in [-0.1, -0.05) is 114 Å². The van der Waals surface area contributed by atoms with Gasteiger partial charge < -0.3 is 4.74 Å². The zero-order chi connectivity index (χ0) is 18.3. The maximum Gasteiger partial charge on any atom is 0.135 e. The van der Waals surface area contributed by atoms with Gasteiger partial charge in [0.05, 0.1) is 0 Å². The Morgan fingerprint density at radius 1 is 0.407 bits per heavy atom. The highest BCUT2D eigenvalue weighted by atomic mass is 31.1. The van der Waals surface area contributed by atoms with Gasteiger partial charge in [0.15, 0.2) is 0 Å². The summed E-state index contributed by atoms with van der Waals surface area (Å²) in [5.41, 5.74) is 0. The number of ether oxygens (including phenoxy) is 1. The number of rotatable bonds is 6. The van der Waals surface area contributed by atoms with E-state index in [2.05, 4.69) is 97.1 Å². The minimum Gasteiger partial charge on any atom is -0.456 e. The Labute approximate surface area is 164 Å². The minimum absolute atomic E-state index is 0.575. The van der Waals surface area contributed by atoms with Crippen molar-refractivity contribution in [2.75, 3.05) is 0 Å². The Bertz CT molecular complexity index is 918. The maximum absolute atomic E-state index is 6.40. The fourth-order valence-corrected chi connectivity index (χ4v) is 5.00. The molecule has 132 valence electrons. The van der Waals surface area contributed by atoms with Gasteiger partial charge in [-0.2, -0.15) is 0 Å². The van der Waals surface area contributed by atoms with Gasteiger partial charge in [-0.15, -0.1) is 0 Å².